The Morgan fingerprint density at radius 2 is 1.90 bits per heavy atom. The highest BCUT2D eigenvalue weighted by Gasteiger charge is 2.41. The van der Waals surface area contributed by atoms with Crippen LogP contribution in [0.5, 0.6) is 0 Å². The molecule has 0 aliphatic heterocycles. The normalized spacial score (nSPS) is 29.6. The molecule has 0 spiro atoms. The molecule has 110 valence electrons. The Hall–Kier alpha value is -1.02. The van der Waals surface area contributed by atoms with E-state index < -0.39 is 0 Å². The molecule has 0 saturated heterocycles. The Morgan fingerprint density at radius 3 is 2.45 bits per heavy atom. The molecule has 3 rings (SSSR count). The molecule has 2 fully saturated rings. The van der Waals surface area contributed by atoms with Crippen molar-refractivity contribution in [1.82, 2.24) is 5.32 Å². The zero-order valence-corrected chi connectivity index (χ0v) is 13.1. The third kappa shape index (κ3) is 2.85. The smallest absolute Gasteiger partial charge is 0.0361 e. The predicted molar refractivity (Wildman–Crippen MR) is 86.0 cm³/mol. The van der Waals surface area contributed by atoms with E-state index in [1.165, 1.54) is 36.9 Å². The fraction of sp³-hybridized carbons (Fsp3) is 0.667. The Balaban J connectivity index is 1.51. The van der Waals surface area contributed by atoms with Gasteiger partial charge < -0.3 is 10.2 Å². The molecule has 0 unspecified atom stereocenters. The summed E-state index contributed by atoms with van der Waals surface area (Å²) in [6.45, 7) is 3.39. The summed E-state index contributed by atoms with van der Waals surface area (Å²) in [5.41, 5.74) is 2.67. The van der Waals surface area contributed by atoms with Gasteiger partial charge in [0.1, 0.15) is 0 Å². The van der Waals surface area contributed by atoms with Gasteiger partial charge in [-0.3, -0.25) is 0 Å². The average Bonchev–Trinajstić information content (AvgIpc) is 3.08. The van der Waals surface area contributed by atoms with Crippen molar-refractivity contribution < 1.29 is 0 Å². The fourth-order valence-corrected chi connectivity index (χ4v) is 4.25. The first-order chi connectivity index (χ1) is 9.63. The van der Waals surface area contributed by atoms with E-state index in [-0.39, 0.29) is 0 Å². The second kappa shape index (κ2) is 5.77. The first-order valence-electron chi connectivity index (χ1n) is 8.13. The number of rotatable bonds is 5. The van der Waals surface area contributed by atoms with Crippen LogP contribution in [0.3, 0.4) is 0 Å². The third-order valence-corrected chi connectivity index (χ3v) is 5.52. The SMILES string of the molecule is C[C@H](NCc1ccc(N(C)C)cc1)[C@@H]1C[C@H]2CC[C@H]1C2. The summed E-state index contributed by atoms with van der Waals surface area (Å²) >= 11 is 0. The number of hydrogen-bond acceptors (Lipinski definition) is 2. The lowest BCUT2D eigenvalue weighted by Crippen LogP contribution is -2.35. The minimum absolute atomic E-state index is 0.666. The Kier molecular flexibility index (Phi) is 4.02. The highest BCUT2D eigenvalue weighted by atomic mass is 15.1. The third-order valence-electron chi connectivity index (χ3n) is 5.52. The van der Waals surface area contributed by atoms with Crippen molar-refractivity contribution in [3.05, 3.63) is 29.8 Å². The number of benzene rings is 1. The summed E-state index contributed by atoms with van der Waals surface area (Å²) in [5, 5.41) is 3.76. The lowest BCUT2D eigenvalue weighted by Gasteiger charge is -2.28. The standard InChI is InChI=1S/C18H28N2/c1-13(18-11-15-4-7-16(18)10-15)19-12-14-5-8-17(9-6-14)20(2)3/h5-6,8-9,13,15-16,18-19H,4,7,10-12H2,1-3H3/t13-,15-,16-,18-/m0/s1. The van der Waals surface area contributed by atoms with Crippen molar-refractivity contribution in [3.63, 3.8) is 0 Å². The molecule has 2 nitrogen and oxygen atoms in total. The summed E-state index contributed by atoms with van der Waals surface area (Å²) in [6, 6.07) is 9.57. The van der Waals surface area contributed by atoms with Gasteiger partial charge in [-0.25, -0.2) is 0 Å². The van der Waals surface area contributed by atoms with E-state index >= 15 is 0 Å². The second-order valence-corrected chi connectivity index (χ2v) is 7.07. The van der Waals surface area contributed by atoms with Crippen LogP contribution in [0.2, 0.25) is 0 Å². The summed E-state index contributed by atoms with van der Waals surface area (Å²) < 4.78 is 0. The summed E-state index contributed by atoms with van der Waals surface area (Å²) in [4.78, 5) is 2.15. The van der Waals surface area contributed by atoms with E-state index in [1.807, 2.05) is 0 Å². The quantitative estimate of drug-likeness (QED) is 0.880. The Bertz CT molecular complexity index is 437. The van der Waals surface area contributed by atoms with Crippen LogP contribution in [0.1, 0.15) is 38.2 Å². The predicted octanol–water partition coefficient (Wildman–Crippen LogP) is 3.67. The van der Waals surface area contributed by atoms with Crippen molar-refractivity contribution in [2.75, 3.05) is 19.0 Å². The van der Waals surface area contributed by atoms with Crippen LogP contribution < -0.4 is 10.2 Å². The van der Waals surface area contributed by atoms with Crippen LogP contribution in [0, 0.1) is 17.8 Å². The van der Waals surface area contributed by atoms with Crippen LogP contribution in [0.25, 0.3) is 0 Å². The topological polar surface area (TPSA) is 15.3 Å². The van der Waals surface area contributed by atoms with Crippen LogP contribution in [0.15, 0.2) is 24.3 Å². The maximum absolute atomic E-state index is 3.76. The molecule has 1 aromatic rings. The highest BCUT2D eigenvalue weighted by Crippen LogP contribution is 2.49. The van der Waals surface area contributed by atoms with Crippen LogP contribution >= 0.6 is 0 Å². The molecule has 2 aliphatic rings. The van der Waals surface area contributed by atoms with Crippen molar-refractivity contribution >= 4 is 5.69 Å². The minimum atomic E-state index is 0.666. The first kappa shape index (κ1) is 13.9. The van der Waals surface area contributed by atoms with Gasteiger partial charge in [-0.1, -0.05) is 18.6 Å². The molecular formula is C18H28N2. The van der Waals surface area contributed by atoms with E-state index in [0.29, 0.717) is 6.04 Å². The number of nitrogens with one attached hydrogen (secondary N) is 1. The van der Waals surface area contributed by atoms with Gasteiger partial charge in [-0.2, -0.15) is 0 Å². The molecule has 0 aromatic heterocycles. The van der Waals surface area contributed by atoms with E-state index in [4.69, 9.17) is 0 Å². The molecule has 1 aromatic carbocycles. The summed E-state index contributed by atoms with van der Waals surface area (Å²) in [5.74, 6) is 2.99. The summed E-state index contributed by atoms with van der Waals surface area (Å²) in [7, 11) is 4.18. The molecule has 2 saturated carbocycles. The zero-order valence-electron chi connectivity index (χ0n) is 13.1. The second-order valence-electron chi connectivity index (χ2n) is 7.07. The number of fused-ring (bicyclic) bond motifs is 2. The van der Waals surface area contributed by atoms with E-state index in [0.717, 1.165) is 24.3 Å². The minimum Gasteiger partial charge on any atom is -0.378 e. The number of nitrogens with zero attached hydrogens (tertiary/aromatic N) is 1. The lowest BCUT2D eigenvalue weighted by atomic mass is 9.84. The van der Waals surface area contributed by atoms with Gasteiger partial charge in [0.25, 0.3) is 0 Å². The fourth-order valence-electron chi connectivity index (χ4n) is 4.25. The lowest BCUT2D eigenvalue weighted by molar-refractivity contribution is 0.259. The van der Waals surface area contributed by atoms with Crippen LogP contribution in [-0.2, 0) is 6.54 Å². The molecule has 2 aliphatic carbocycles. The molecule has 2 heteroatoms. The number of anilines is 1. The zero-order chi connectivity index (χ0) is 14.1. The van der Waals surface area contributed by atoms with Gasteiger partial charge in [0.05, 0.1) is 0 Å². The molecule has 20 heavy (non-hydrogen) atoms. The molecule has 0 amide bonds. The Labute approximate surface area is 123 Å². The summed E-state index contributed by atoms with van der Waals surface area (Å²) in [6.07, 6.45) is 5.96. The maximum Gasteiger partial charge on any atom is 0.0361 e. The first-order valence-corrected chi connectivity index (χ1v) is 8.13. The average molecular weight is 272 g/mol. The monoisotopic (exact) mass is 272 g/mol. The molecule has 2 bridgehead atoms. The van der Waals surface area contributed by atoms with Crippen LogP contribution in [-0.4, -0.2) is 20.1 Å². The maximum atomic E-state index is 3.76. The molecule has 4 atom stereocenters. The molecule has 0 heterocycles. The number of hydrogen-bond donors (Lipinski definition) is 1. The van der Waals surface area contributed by atoms with E-state index in [1.54, 1.807) is 0 Å². The molecule has 1 N–H and O–H groups in total. The van der Waals surface area contributed by atoms with Gasteiger partial charge >= 0.3 is 0 Å². The van der Waals surface area contributed by atoms with Gasteiger partial charge in [0.2, 0.25) is 0 Å². The Morgan fingerprint density at radius 1 is 1.15 bits per heavy atom. The van der Waals surface area contributed by atoms with Crippen molar-refractivity contribution in [2.45, 2.75) is 45.2 Å². The van der Waals surface area contributed by atoms with Crippen molar-refractivity contribution in [3.8, 4) is 0 Å². The highest BCUT2D eigenvalue weighted by molar-refractivity contribution is 5.45. The van der Waals surface area contributed by atoms with Crippen LogP contribution in [0.4, 0.5) is 5.69 Å². The van der Waals surface area contributed by atoms with Gasteiger partial charge in [-0.05, 0) is 61.6 Å². The largest absolute Gasteiger partial charge is 0.378 e. The molecule has 0 radical (unpaired) electrons. The van der Waals surface area contributed by atoms with Crippen molar-refractivity contribution in [1.29, 1.82) is 0 Å². The van der Waals surface area contributed by atoms with Gasteiger partial charge in [0.15, 0.2) is 0 Å². The van der Waals surface area contributed by atoms with E-state index in [9.17, 15) is 0 Å². The van der Waals surface area contributed by atoms with Crippen molar-refractivity contribution in [2.24, 2.45) is 17.8 Å². The van der Waals surface area contributed by atoms with Gasteiger partial charge in [0, 0.05) is 32.4 Å². The van der Waals surface area contributed by atoms with Gasteiger partial charge in [-0.15, -0.1) is 0 Å². The van der Waals surface area contributed by atoms with E-state index in [2.05, 4.69) is 55.5 Å². The molecular weight excluding hydrogens is 244 g/mol.